The molecule has 4 N–H and O–H groups in total. The normalized spacial score (nSPS) is 11.5. The van der Waals surface area contributed by atoms with E-state index >= 15 is 0 Å². The van der Waals surface area contributed by atoms with E-state index in [0.717, 1.165) is 51.8 Å². The summed E-state index contributed by atoms with van der Waals surface area (Å²) in [4.78, 5) is 9.12. The number of fused-ring (bicyclic) bond motifs is 2. The number of nitrogens with one attached hydrogen (secondary N) is 2. The van der Waals surface area contributed by atoms with Crippen LogP contribution in [0.2, 0.25) is 0 Å². The number of nitrogens with two attached hydrogens (primary N) is 1. The Morgan fingerprint density at radius 2 is 1.05 bits per heavy atom. The molecule has 0 amide bonds. The highest BCUT2D eigenvalue weighted by molar-refractivity contribution is 5.93. The third kappa shape index (κ3) is 11.0. The van der Waals surface area contributed by atoms with Gasteiger partial charge in [-0.1, -0.05) is 115 Å². The maximum absolute atomic E-state index is 6.03. The number of benzene rings is 2. The molecule has 6 heteroatoms. The lowest BCUT2D eigenvalue weighted by Crippen LogP contribution is -2.36. The summed E-state index contributed by atoms with van der Waals surface area (Å²) in [6, 6.07) is 16.4. The highest BCUT2D eigenvalue weighted by Crippen LogP contribution is 2.26. The fourth-order valence-corrected chi connectivity index (χ4v) is 5.87. The third-order valence-electron chi connectivity index (χ3n) is 8.41. The van der Waals surface area contributed by atoms with Crippen molar-refractivity contribution in [1.29, 1.82) is 0 Å². The fraction of sp³-hybridized carbons (Fsp3) is 0.514. The summed E-state index contributed by atoms with van der Waals surface area (Å²) in [7, 11) is 0. The molecule has 0 saturated carbocycles. The Morgan fingerprint density at radius 1 is 0.581 bits per heavy atom. The molecule has 2 heterocycles. The minimum absolute atomic E-state index is 0.721. The summed E-state index contributed by atoms with van der Waals surface area (Å²) in [6.07, 6.45) is 25.6. The van der Waals surface area contributed by atoms with Gasteiger partial charge in [-0.3, -0.25) is 9.97 Å². The highest BCUT2D eigenvalue weighted by Gasteiger charge is 2.11. The fourth-order valence-electron chi connectivity index (χ4n) is 5.87. The molecule has 2 aromatic carbocycles. The summed E-state index contributed by atoms with van der Waals surface area (Å²) in [5.41, 5.74) is 19.2. The van der Waals surface area contributed by atoms with Crippen LogP contribution in [0, 0.1) is 6.92 Å². The summed E-state index contributed by atoms with van der Waals surface area (Å²) in [5, 5.41) is 4.27. The first-order valence-corrected chi connectivity index (χ1v) is 16.9. The Balaban J connectivity index is 1.23. The van der Waals surface area contributed by atoms with Gasteiger partial charge in [0.2, 0.25) is 0 Å². The second-order valence-electron chi connectivity index (χ2n) is 12.2. The zero-order valence-corrected chi connectivity index (χ0v) is 26.7. The van der Waals surface area contributed by atoms with Crippen LogP contribution in [0.3, 0.4) is 0 Å². The number of hydrogen-bond donors (Lipinski definition) is 3. The average molecular weight is 583 g/mol. The number of unbranched alkanes of at least 4 members (excludes halogenated alkanes) is 15. The minimum Gasteiger partial charge on any atom is -0.399 e. The standard InChI is InChI=1S/C37H54N6/c1-3-4-5-6-7-8-9-10-11-12-13-14-15-16-17-18-27-43(41-34-23-25-39-36-28-30(2)19-21-32(34)36)42-35-24-26-40-37-29-31(38)20-22-33(35)37/h19-26,28-29H,3-18,27,38H2,1-2H3,(H,39,41)(H,40,42). The smallest absolute Gasteiger partial charge is 0.0743 e. The van der Waals surface area contributed by atoms with Crippen LogP contribution in [0.1, 0.15) is 115 Å². The topological polar surface area (TPSA) is 79.1 Å². The Labute approximate surface area is 259 Å². The van der Waals surface area contributed by atoms with Gasteiger partial charge in [0.25, 0.3) is 0 Å². The molecule has 0 radical (unpaired) electrons. The molecule has 4 rings (SSSR count). The lowest BCUT2D eigenvalue weighted by atomic mass is 10.0. The second kappa shape index (κ2) is 18.3. The Morgan fingerprint density at radius 3 is 1.58 bits per heavy atom. The van der Waals surface area contributed by atoms with E-state index in [4.69, 9.17) is 5.73 Å². The molecular weight excluding hydrogens is 528 g/mol. The van der Waals surface area contributed by atoms with Gasteiger partial charge in [-0.25, -0.2) is 0 Å². The molecule has 0 aliphatic rings. The lowest BCUT2D eigenvalue weighted by molar-refractivity contribution is 0.378. The van der Waals surface area contributed by atoms with E-state index in [1.165, 1.54) is 102 Å². The van der Waals surface area contributed by atoms with Crippen LogP contribution in [0.15, 0.2) is 60.9 Å². The van der Waals surface area contributed by atoms with Crippen molar-refractivity contribution >= 4 is 38.9 Å². The quantitative estimate of drug-likeness (QED) is 0.0515. The van der Waals surface area contributed by atoms with Crippen LogP contribution in [0.25, 0.3) is 21.8 Å². The van der Waals surface area contributed by atoms with Crippen molar-refractivity contribution in [3.05, 3.63) is 66.5 Å². The largest absolute Gasteiger partial charge is 0.399 e. The highest BCUT2D eigenvalue weighted by atomic mass is 15.7. The monoisotopic (exact) mass is 582 g/mol. The van der Waals surface area contributed by atoms with E-state index in [1.54, 1.807) is 0 Å². The Kier molecular flexibility index (Phi) is 13.9. The molecule has 0 bridgehead atoms. The van der Waals surface area contributed by atoms with Crippen molar-refractivity contribution < 1.29 is 0 Å². The van der Waals surface area contributed by atoms with Gasteiger partial charge < -0.3 is 16.6 Å². The minimum atomic E-state index is 0.721. The number of aromatic nitrogens is 2. The van der Waals surface area contributed by atoms with Gasteiger partial charge in [-0.2, -0.15) is 0 Å². The van der Waals surface area contributed by atoms with Gasteiger partial charge in [0.05, 0.1) is 22.4 Å². The summed E-state index contributed by atoms with van der Waals surface area (Å²) in [5.74, 6) is 0. The van der Waals surface area contributed by atoms with Crippen LogP contribution >= 0.6 is 0 Å². The maximum Gasteiger partial charge on any atom is 0.0743 e. The van der Waals surface area contributed by atoms with Gasteiger partial charge in [0.1, 0.15) is 0 Å². The van der Waals surface area contributed by atoms with Gasteiger partial charge in [0, 0.05) is 35.4 Å². The molecule has 2 aromatic heterocycles. The number of pyridine rings is 2. The predicted octanol–water partition coefficient (Wildman–Crippen LogP) is 10.6. The van der Waals surface area contributed by atoms with Crippen molar-refractivity contribution in [2.24, 2.45) is 0 Å². The number of nitrogens with zero attached hydrogens (tertiary/aromatic N) is 3. The van der Waals surface area contributed by atoms with Gasteiger partial charge >= 0.3 is 0 Å². The summed E-state index contributed by atoms with van der Waals surface area (Å²) < 4.78 is 0. The molecule has 4 aromatic rings. The van der Waals surface area contributed by atoms with E-state index in [1.807, 2.05) is 42.7 Å². The number of rotatable bonds is 21. The first kappa shape index (κ1) is 32.5. The zero-order valence-electron chi connectivity index (χ0n) is 26.7. The second-order valence-corrected chi connectivity index (χ2v) is 12.2. The zero-order chi connectivity index (χ0) is 30.1. The van der Waals surface area contributed by atoms with E-state index in [0.29, 0.717) is 0 Å². The van der Waals surface area contributed by atoms with E-state index < -0.39 is 0 Å². The first-order valence-electron chi connectivity index (χ1n) is 16.9. The van der Waals surface area contributed by atoms with Crippen molar-refractivity contribution in [1.82, 2.24) is 15.1 Å². The van der Waals surface area contributed by atoms with E-state index in [2.05, 4.69) is 58.0 Å². The van der Waals surface area contributed by atoms with Crippen molar-refractivity contribution in [2.75, 3.05) is 23.1 Å². The van der Waals surface area contributed by atoms with Gasteiger partial charge in [-0.15, -0.1) is 5.12 Å². The molecule has 6 nitrogen and oxygen atoms in total. The van der Waals surface area contributed by atoms with Crippen molar-refractivity contribution in [3.8, 4) is 0 Å². The van der Waals surface area contributed by atoms with E-state index in [9.17, 15) is 0 Å². The van der Waals surface area contributed by atoms with Crippen LogP contribution < -0.4 is 16.6 Å². The molecule has 0 aliphatic carbocycles. The van der Waals surface area contributed by atoms with Crippen LogP contribution in [-0.2, 0) is 0 Å². The van der Waals surface area contributed by atoms with Gasteiger partial charge in [0.15, 0.2) is 0 Å². The molecule has 0 fully saturated rings. The average Bonchev–Trinajstić information content (AvgIpc) is 3.00. The molecule has 232 valence electrons. The first-order chi connectivity index (χ1) is 21.1. The molecular formula is C37H54N6. The summed E-state index contributed by atoms with van der Waals surface area (Å²) in [6.45, 7) is 5.26. The van der Waals surface area contributed by atoms with E-state index in [-0.39, 0.29) is 0 Å². The Hall–Kier alpha value is -3.38. The number of aryl methyl sites for hydroxylation is 1. The van der Waals surface area contributed by atoms with Crippen LogP contribution in [0.4, 0.5) is 17.1 Å². The number of nitrogen functional groups attached to an aromatic ring is 1. The molecule has 0 unspecified atom stereocenters. The number of hydrazine groups is 2. The third-order valence-corrected chi connectivity index (χ3v) is 8.41. The SMILES string of the molecule is CCCCCCCCCCCCCCCCCCN(Nc1ccnc2cc(C)ccc12)Nc1ccnc2cc(N)ccc12. The van der Waals surface area contributed by atoms with Crippen molar-refractivity contribution in [3.63, 3.8) is 0 Å². The number of anilines is 3. The molecule has 0 spiro atoms. The lowest BCUT2D eigenvalue weighted by Gasteiger charge is -2.27. The number of hydrogen-bond acceptors (Lipinski definition) is 6. The van der Waals surface area contributed by atoms with Crippen LogP contribution in [0.5, 0.6) is 0 Å². The van der Waals surface area contributed by atoms with Crippen molar-refractivity contribution in [2.45, 2.75) is 117 Å². The van der Waals surface area contributed by atoms with Crippen LogP contribution in [-0.4, -0.2) is 21.6 Å². The van der Waals surface area contributed by atoms with Gasteiger partial charge in [-0.05, 0) is 55.3 Å². The summed E-state index contributed by atoms with van der Waals surface area (Å²) >= 11 is 0. The maximum atomic E-state index is 6.03. The molecule has 0 saturated heterocycles. The predicted molar refractivity (Wildman–Crippen MR) is 186 cm³/mol. The molecule has 43 heavy (non-hydrogen) atoms. The molecule has 0 atom stereocenters. The Bertz CT molecular complexity index is 1280. The molecule has 0 aliphatic heterocycles.